The van der Waals surface area contributed by atoms with Crippen LogP contribution in [-0.4, -0.2) is 17.4 Å². The van der Waals surface area contributed by atoms with Crippen LogP contribution in [-0.2, 0) is 6.42 Å². The van der Waals surface area contributed by atoms with Crippen LogP contribution in [0.1, 0.15) is 16.1 Å². The number of nitrogens with two attached hydrogens (primary N) is 1. The number of nitrogens with one attached hydrogen (secondary N) is 2. The highest BCUT2D eigenvalue weighted by Crippen LogP contribution is 2.09. The van der Waals surface area contributed by atoms with Gasteiger partial charge in [-0.25, -0.2) is 10.8 Å². The normalized spacial score (nSPS) is 10.1. The number of nitrogen functional groups attached to an aromatic ring is 1. The zero-order chi connectivity index (χ0) is 12.8. The van der Waals surface area contributed by atoms with Gasteiger partial charge in [-0.1, -0.05) is 0 Å². The van der Waals surface area contributed by atoms with Crippen molar-refractivity contribution < 1.29 is 9.21 Å². The van der Waals surface area contributed by atoms with Crippen molar-refractivity contribution in [3.63, 3.8) is 0 Å². The molecular weight excluding hydrogens is 232 g/mol. The van der Waals surface area contributed by atoms with Gasteiger partial charge in [-0.2, -0.15) is 0 Å². The highest BCUT2D eigenvalue weighted by atomic mass is 16.3. The first-order valence-electron chi connectivity index (χ1n) is 5.53. The van der Waals surface area contributed by atoms with Crippen LogP contribution in [0.3, 0.4) is 0 Å². The zero-order valence-electron chi connectivity index (χ0n) is 9.72. The summed E-state index contributed by atoms with van der Waals surface area (Å²) < 4.78 is 5.17. The van der Waals surface area contributed by atoms with Crippen LogP contribution in [0.5, 0.6) is 0 Å². The summed E-state index contributed by atoms with van der Waals surface area (Å²) in [6.45, 7) is 0.491. The predicted octanol–water partition coefficient (Wildman–Crippen LogP) is 0.933. The molecule has 2 rings (SSSR count). The van der Waals surface area contributed by atoms with E-state index in [1.165, 1.54) is 0 Å². The lowest BCUT2D eigenvalue weighted by Gasteiger charge is -2.07. The van der Waals surface area contributed by atoms with E-state index in [0.717, 1.165) is 5.76 Å². The number of hydrogen-bond donors (Lipinski definition) is 3. The van der Waals surface area contributed by atoms with Gasteiger partial charge in [0.15, 0.2) is 5.82 Å². The Bertz CT molecular complexity index is 511. The van der Waals surface area contributed by atoms with Crippen LogP contribution < -0.4 is 16.6 Å². The molecule has 6 nitrogen and oxygen atoms in total. The molecular formula is C12H14N4O2. The van der Waals surface area contributed by atoms with Gasteiger partial charge in [-0.15, -0.1) is 0 Å². The first-order valence-corrected chi connectivity index (χ1v) is 5.53. The van der Waals surface area contributed by atoms with Gasteiger partial charge in [-0.3, -0.25) is 4.79 Å². The Kier molecular flexibility index (Phi) is 3.93. The topological polar surface area (TPSA) is 93.2 Å². The Hall–Kier alpha value is -2.34. The lowest BCUT2D eigenvalue weighted by atomic mass is 10.2. The van der Waals surface area contributed by atoms with E-state index in [2.05, 4.69) is 15.7 Å². The van der Waals surface area contributed by atoms with Gasteiger partial charge in [0.05, 0.1) is 11.8 Å². The molecule has 0 aromatic carbocycles. The monoisotopic (exact) mass is 246 g/mol. The number of furan rings is 1. The van der Waals surface area contributed by atoms with Crippen LogP contribution in [0.2, 0.25) is 0 Å². The standard InChI is InChI=1S/C12H14N4O2/c13-16-11-10(4-1-6-14-11)12(17)15-7-5-9-3-2-8-18-9/h1-4,6,8H,5,7,13H2,(H,14,16)(H,15,17). The average molecular weight is 246 g/mol. The molecule has 2 heterocycles. The third kappa shape index (κ3) is 2.86. The molecule has 18 heavy (non-hydrogen) atoms. The number of carbonyl (C=O) groups excluding carboxylic acids is 1. The van der Waals surface area contributed by atoms with Crippen molar-refractivity contribution in [1.29, 1.82) is 0 Å². The summed E-state index contributed by atoms with van der Waals surface area (Å²) in [6, 6.07) is 7.02. The third-order valence-corrected chi connectivity index (χ3v) is 2.43. The predicted molar refractivity (Wildman–Crippen MR) is 66.8 cm³/mol. The molecule has 1 amide bonds. The van der Waals surface area contributed by atoms with E-state index in [-0.39, 0.29) is 5.91 Å². The lowest BCUT2D eigenvalue weighted by Crippen LogP contribution is -2.27. The first kappa shape index (κ1) is 12.1. The number of aromatic nitrogens is 1. The molecule has 0 saturated heterocycles. The number of nitrogens with zero attached hydrogens (tertiary/aromatic N) is 1. The molecule has 4 N–H and O–H groups in total. The molecule has 94 valence electrons. The van der Waals surface area contributed by atoms with Crippen LogP contribution >= 0.6 is 0 Å². The van der Waals surface area contributed by atoms with Crippen molar-refractivity contribution in [3.05, 3.63) is 48.0 Å². The van der Waals surface area contributed by atoms with E-state index in [4.69, 9.17) is 10.3 Å². The van der Waals surface area contributed by atoms with Gasteiger partial charge in [0.1, 0.15) is 5.76 Å². The van der Waals surface area contributed by atoms with Crippen LogP contribution in [0, 0.1) is 0 Å². The maximum Gasteiger partial charge on any atom is 0.255 e. The Balaban J connectivity index is 1.91. The van der Waals surface area contributed by atoms with Crippen molar-refractivity contribution in [2.24, 2.45) is 5.84 Å². The van der Waals surface area contributed by atoms with Crippen LogP contribution in [0.15, 0.2) is 41.1 Å². The van der Waals surface area contributed by atoms with Gasteiger partial charge in [-0.05, 0) is 24.3 Å². The number of rotatable bonds is 5. The van der Waals surface area contributed by atoms with E-state index >= 15 is 0 Å². The number of amides is 1. The van der Waals surface area contributed by atoms with Crippen molar-refractivity contribution in [2.75, 3.05) is 12.0 Å². The fraction of sp³-hybridized carbons (Fsp3) is 0.167. The third-order valence-electron chi connectivity index (χ3n) is 2.43. The van der Waals surface area contributed by atoms with Gasteiger partial charge < -0.3 is 15.2 Å². The summed E-state index contributed by atoms with van der Waals surface area (Å²) in [4.78, 5) is 15.8. The highest BCUT2D eigenvalue weighted by molar-refractivity contribution is 5.98. The highest BCUT2D eigenvalue weighted by Gasteiger charge is 2.10. The largest absolute Gasteiger partial charge is 0.469 e. The van der Waals surface area contributed by atoms with Crippen LogP contribution in [0.4, 0.5) is 5.82 Å². The van der Waals surface area contributed by atoms with Gasteiger partial charge in [0.2, 0.25) is 0 Å². The number of hydrogen-bond acceptors (Lipinski definition) is 5. The van der Waals surface area contributed by atoms with Crippen molar-refractivity contribution in [3.8, 4) is 0 Å². The Labute approximate surface area is 104 Å². The second-order valence-electron chi connectivity index (χ2n) is 3.63. The Morgan fingerprint density at radius 3 is 3.00 bits per heavy atom. The van der Waals surface area contributed by atoms with E-state index in [1.54, 1.807) is 24.6 Å². The summed E-state index contributed by atoms with van der Waals surface area (Å²) in [6.07, 6.45) is 3.81. The summed E-state index contributed by atoms with van der Waals surface area (Å²) in [5, 5.41) is 2.78. The Morgan fingerprint density at radius 2 is 2.28 bits per heavy atom. The summed E-state index contributed by atoms with van der Waals surface area (Å²) in [5.74, 6) is 6.25. The van der Waals surface area contributed by atoms with Gasteiger partial charge in [0, 0.05) is 19.2 Å². The fourth-order valence-corrected chi connectivity index (χ4v) is 1.55. The van der Waals surface area contributed by atoms with Gasteiger partial charge in [0.25, 0.3) is 5.91 Å². The lowest BCUT2D eigenvalue weighted by molar-refractivity contribution is 0.0954. The minimum absolute atomic E-state index is 0.220. The Morgan fingerprint density at radius 1 is 1.39 bits per heavy atom. The van der Waals surface area contributed by atoms with Crippen molar-refractivity contribution in [2.45, 2.75) is 6.42 Å². The second kappa shape index (κ2) is 5.83. The molecule has 0 bridgehead atoms. The van der Waals surface area contributed by atoms with Crippen molar-refractivity contribution >= 4 is 11.7 Å². The molecule has 6 heteroatoms. The molecule has 2 aromatic heterocycles. The number of carbonyl (C=O) groups is 1. The quantitative estimate of drug-likeness (QED) is 0.539. The fourth-order valence-electron chi connectivity index (χ4n) is 1.55. The smallest absolute Gasteiger partial charge is 0.255 e. The molecule has 0 saturated carbocycles. The maximum absolute atomic E-state index is 11.9. The molecule has 0 aliphatic carbocycles. The minimum atomic E-state index is -0.220. The molecule has 0 atom stereocenters. The zero-order valence-corrected chi connectivity index (χ0v) is 9.72. The summed E-state index contributed by atoms with van der Waals surface area (Å²) in [7, 11) is 0. The number of pyridine rings is 1. The number of hydrazine groups is 1. The van der Waals surface area contributed by atoms with Crippen molar-refractivity contribution in [1.82, 2.24) is 10.3 Å². The molecule has 0 fully saturated rings. The average Bonchev–Trinajstić information content (AvgIpc) is 2.91. The molecule has 0 spiro atoms. The SMILES string of the molecule is NNc1ncccc1C(=O)NCCc1ccco1. The molecule has 0 aliphatic heterocycles. The second-order valence-corrected chi connectivity index (χ2v) is 3.63. The van der Waals surface area contributed by atoms with E-state index in [9.17, 15) is 4.79 Å². The summed E-state index contributed by atoms with van der Waals surface area (Å²) >= 11 is 0. The van der Waals surface area contributed by atoms with Gasteiger partial charge >= 0.3 is 0 Å². The molecule has 2 aromatic rings. The van der Waals surface area contributed by atoms with E-state index in [1.807, 2.05) is 12.1 Å². The number of anilines is 1. The first-order chi connectivity index (χ1) is 8.81. The summed E-state index contributed by atoms with van der Waals surface area (Å²) in [5.41, 5.74) is 2.81. The van der Waals surface area contributed by atoms with E-state index in [0.29, 0.717) is 24.3 Å². The maximum atomic E-state index is 11.9. The molecule has 0 unspecified atom stereocenters. The van der Waals surface area contributed by atoms with Crippen LogP contribution in [0.25, 0.3) is 0 Å². The molecule has 0 radical (unpaired) electrons. The molecule has 0 aliphatic rings. The minimum Gasteiger partial charge on any atom is -0.469 e. The van der Waals surface area contributed by atoms with E-state index < -0.39 is 0 Å².